The van der Waals surface area contributed by atoms with Gasteiger partial charge >= 0.3 is 0 Å². The molecule has 1 aliphatic carbocycles. The van der Waals surface area contributed by atoms with Crippen molar-refractivity contribution in [2.75, 3.05) is 26.4 Å². The lowest BCUT2D eigenvalue weighted by Gasteiger charge is -2.25. The van der Waals surface area contributed by atoms with E-state index in [1.54, 1.807) is 6.92 Å². The van der Waals surface area contributed by atoms with Crippen LogP contribution in [0.1, 0.15) is 39.0 Å². The van der Waals surface area contributed by atoms with E-state index in [1.165, 1.54) is 6.42 Å². The second-order valence-electron chi connectivity index (χ2n) is 5.90. The Morgan fingerprint density at radius 1 is 1.20 bits per heavy atom. The van der Waals surface area contributed by atoms with Gasteiger partial charge in [-0.2, -0.15) is 0 Å². The van der Waals surface area contributed by atoms with Gasteiger partial charge in [0.25, 0.3) is 5.91 Å². The third-order valence-electron chi connectivity index (χ3n) is 4.29. The van der Waals surface area contributed by atoms with Crippen LogP contribution in [-0.4, -0.2) is 44.2 Å². The highest BCUT2D eigenvalue weighted by atomic mass is 16.5. The number of ether oxygens (including phenoxy) is 2. The number of hydrogen-bond donors (Lipinski definition) is 1. The lowest BCUT2D eigenvalue weighted by atomic mass is 9.85. The normalized spacial score (nSPS) is 22.1. The van der Waals surface area contributed by atoms with Crippen molar-refractivity contribution in [3.8, 4) is 0 Å². The van der Waals surface area contributed by atoms with Crippen LogP contribution in [0.25, 0.3) is 0 Å². The lowest BCUT2D eigenvalue weighted by molar-refractivity contribution is -0.145. The molecule has 1 saturated heterocycles. The molecule has 1 N–H and O–H groups in total. The van der Waals surface area contributed by atoms with Crippen LogP contribution in [0.5, 0.6) is 0 Å². The van der Waals surface area contributed by atoms with E-state index < -0.39 is 17.8 Å². The van der Waals surface area contributed by atoms with E-state index in [2.05, 4.69) is 5.32 Å². The fourth-order valence-electron chi connectivity index (χ4n) is 2.47. The summed E-state index contributed by atoms with van der Waals surface area (Å²) < 4.78 is 10.8. The highest BCUT2D eigenvalue weighted by molar-refractivity contribution is 6.37. The second kappa shape index (κ2) is 7.74. The van der Waals surface area contributed by atoms with E-state index in [4.69, 9.17) is 9.47 Å². The van der Waals surface area contributed by atoms with Gasteiger partial charge in [-0.15, -0.1) is 0 Å². The summed E-state index contributed by atoms with van der Waals surface area (Å²) in [7, 11) is 0. The van der Waals surface area contributed by atoms with E-state index in [0.717, 1.165) is 38.9 Å². The first-order chi connectivity index (χ1) is 9.66. The van der Waals surface area contributed by atoms with Crippen LogP contribution in [-0.2, 0) is 19.1 Å². The van der Waals surface area contributed by atoms with Crippen molar-refractivity contribution in [1.82, 2.24) is 5.32 Å². The molecule has 1 heterocycles. The molecule has 0 radical (unpaired) electrons. The zero-order chi connectivity index (χ0) is 14.4. The van der Waals surface area contributed by atoms with Gasteiger partial charge in [-0.1, -0.05) is 6.42 Å². The zero-order valence-corrected chi connectivity index (χ0v) is 12.2. The maximum absolute atomic E-state index is 11.9. The standard InChI is InChI=1S/C15H25NO4/c1-11(20-10-13-5-7-19-8-6-13)14(17)15(18)16-9-12-3-2-4-12/h11-13H,2-10H2,1H3,(H,16,18). The van der Waals surface area contributed by atoms with Crippen LogP contribution in [0.2, 0.25) is 0 Å². The number of ketones is 1. The number of hydrogen-bond acceptors (Lipinski definition) is 4. The van der Waals surface area contributed by atoms with Gasteiger partial charge in [-0.05, 0) is 44.4 Å². The molecule has 2 aliphatic rings. The quantitative estimate of drug-likeness (QED) is 0.715. The Balaban J connectivity index is 1.63. The molecule has 1 saturated carbocycles. The van der Waals surface area contributed by atoms with Gasteiger partial charge in [0, 0.05) is 19.8 Å². The Morgan fingerprint density at radius 2 is 1.90 bits per heavy atom. The van der Waals surface area contributed by atoms with Crippen molar-refractivity contribution >= 4 is 11.7 Å². The Labute approximate surface area is 120 Å². The average molecular weight is 283 g/mol. The molecule has 0 aromatic carbocycles. The fourth-order valence-corrected chi connectivity index (χ4v) is 2.47. The molecule has 1 atom stereocenters. The first-order valence-corrected chi connectivity index (χ1v) is 7.68. The summed E-state index contributed by atoms with van der Waals surface area (Å²) in [4.78, 5) is 23.6. The van der Waals surface area contributed by atoms with Crippen LogP contribution in [0.15, 0.2) is 0 Å². The first kappa shape index (κ1) is 15.4. The van der Waals surface area contributed by atoms with Crippen molar-refractivity contribution in [3.63, 3.8) is 0 Å². The average Bonchev–Trinajstić information content (AvgIpc) is 2.43. The van der Waals surface area contributed by atoms with Crippen molar-refractivity contribution in [2.24, 2.45) is 11.8 Å². The highest BCUT2D eigenvalue weighted by Gasteiger charge is 2.25. The summed E-state index contributed by atoms with van der Waals surface area (Å²) in [6, 6.07) is 0. The van der Waals surface area contributed by atoms with E-state index in [-0.39, 0.29) is 0 Å². The first-order valence-electron chi connectivity index (χ1n) is 7.68. The summed E-state index contributed by atoms with van der Waals surface area (Å²) in [5.41, 5.74) is 0. The molecule has 1 amide bonds. The molecular weight excluding hydrogens is 258 g/mol. The van der Waals surface area contributed by atoms with Gasteiger partial charge in [-0.25, -0.2) is 0 Å². The topological polar surface area (TPSA) is 64.6 Å². The Hall–Kier alpha value is -0.940. The smallest absolute Gasteiger partial charge is 0.290 e. The number of carbonyl (C=O) groups excluding carboxylic acids is 2. The van der Waals surface area contributed by atoms with Gasteiger partial charge in [0.05, 0.1) is 6.61 Å². The molecule has 20 heavy (non-hydrogen) atoms. The third kappa shape index (κ3) is 4.56. The van der Waals surface area contributed by atoms with Gasteiger partial charge in [0.2, 0.25) is 5.78 Å². The molecule has 5 heteroatoms. The molecule has 2 fully saturated rings. The maximum atomic E-state index is 11.9. The van der Waals surface area contributed by atoms with Crippen molar-refractivity contribution in [2.45, 2.75) is 45.1 Å². The van der Waals surface area contributed by atoms with E-state index in [0.29, 0.717) is 25.0 Å². The van der Waals surface area contributed by atoms with Gasteiger partial charge in [-0.3, -0.25) is 9.59 Å². The van der Waals surface area contributed by atoms with Gasteiger partial charge < -0.3 is 14.8 Å². The molecule has 0 aromatic heterocycles. The Kier molecular flexibility index (Phi) is 5.98. The van der Waals surface area contributed by atoms with Crippen LogP contribution in [0.3, 0.4) is 0 Å². The second-order valence-corrected chi connectivity index (χ2v) is 5.90. The van der Waals surface area contributed by atoms with Gasteiger partial charge in [0.1, 0.15) is 6.10 Å². The summed E-state index contributed by atoms with van der Waals surface area (Å²) in [6.07, 6.45) is 4.83. The minimum Gasteiger partial charge on any atom is -0.381 e. The van der Waals surface area contributed by atoms with E-state index in [1.807, 2.05) is 0 Å². The number of Topliss-reactive ketones (excluding diaryl/α,β-unsaturated/α-hetero) is 1. The highest BCUT2D eigenvalue weighted by Crippen LogP contribution is 2.25. The maximum Gasteiger partial charge on any atom is 0.290 e. The summed E-state index contributed by atoms with van der Waals surface area (Å²) in [5.74, 6) is 0.0370. The minimum absolute atomic E-state index is 0.442. The lowest BCUT2D eigenvalue weighted by Crippen LogP contribution is -2.41. The molecule has 1 aliphatic heterocycles. The largest absolute Gasteiger partial charge is 0.381 e. The number of carbonyl (C=O) groups is 2. The van der Waals surface area contributed by atoms with E-state index >= 15 is 0 Å². The molecular formula is C15H25NO4. The molecule has 0 spiro atoms. The Bertz CT molecular complexity index is 335. The molecule has 1 unspecified atom stereocenters. The van der Waals surface area contributed by atoms with Crippen LogP contribution >= 0.6 is 0 Å². The van der Waals surface area contributed by atoms with Crippen LogP contribution < -0.4 is 5.32 Å². The monoisotopic (exact) mass is 283 g/mol. The SMILES string of the molecule is CC(OCC1CCOCC1)C(=O)C(=O)NCC1CCC1. The summed E-state index contributed by atoms with van der Waals surface area (Å²) in [6.45, 7) is 4.34. The molecule has 0 bridgehead atoms. The molecule has 5 nitrogen and oxygen atoms in total. The molecule has 0 aromatic rings. The predicted molar refractivity (Wildman–Crippen MR) is 74.3 cm³/mol. The predicted octanol–water partition coefficient (Wildman–Crippen LogP) is 1.30. The number of nitrogens with one attached hydrogen (secondary N) is 1. The molecule has 114 valence electrons. The molecule has 2 rings (SSSR count). The summed E-state index contributed by atoms with van der Waals surface area (Å²) >= 11 is 0. The fraction of sp³-hybridized carbons (Fsp3) is 0.867. The van der Waals surface area contributed by atoms with Crippen molar-refractivity contribution < 1.29 is 19.1 Å². The third-order valence-corrected chi connectivity index (χ3v) is 4.29. The Morgan fingerprint density at radius 3 is 2.50 bits per heavy atom. The zero-order valence-electron chi connectivity index (χ0n) is 12.2. The van der Waals surface area contributed by atoms with E-state index in [9.17, 15) is 9.59 Å². The van der Waals surface area contributed by atoms with Crippen LogP contribution in [0.4, 0.5) is 0 Å². The number of rotatable bonds is 7. The summed E-state index contributed by atoms with van der Waals surface area (Å²) in [5, 5.41) is 2.71. The van der Waals surface area contributed by atoms with Crippen molar-refractivity contribution in [3.05, 3.63) is 0 Å². The van der Waals surface area contributed by atoms with Gasteiger partial charge in [0.15, 0.2) is 0 Å². The van der Waals surface area contributed by atoms with Crippen molar-refractivity contribution in [1.29, 1.82) is 0 Å². The number of amides is 1. The minimum atomic E-state index is -0.653. The van der Waals surface area contributed by atoms with Crippen LogP contribution in [0, 0.1) is 11.8 Å².